The molecule has 0 radical (unpaired) electrons. The highest BCUT2D eigenvalue weighted by Crippen LogP contribution is 2.23. The minimum Gasteiger partial charge on any atom is -0.368 e. The lowest BCUT2D eigenvalue weighted by atomic mass is 10.2. The summed E-state index contributed by atoms with van der Waals surface area (Å²) in [6.07, 6.45) is 0. The predicted octanol–water partition coefficient (Wildman–Crippen LogP) is 3.18. The Bertz CT molecular complexity index is 962. The monoisotopic (exact) mass is 384 g/mol. The van der Waals surface area contributed by atoms with Crippen molar-refractivity contribution >= 4 is 52.5 Å². The number of benzene rings is 2. The Morgan fingerprint density at radius 2 is 1.67 bits per heavy atom. The first-order chi connectivity index (χ1) is 11.0. The topological polar surface area (TPSA) is 76.8 Å². The van der Waals surface area contributed by atoms with Crippen LogP contribution in [0.3, 0.4) is 0 Å². The summed E-state index contributed by atoms with van der Waals surface area (Å²) in [5.74, 6) is -0.485. The van der Waals surface area contributed by atoms with Crippen LogP contribution in [0.2, 0.25) is 10.0 Å². The molecule has 1 aromatic heterocycles. The number of halogens is 3. The minimum absolute atomic E-state index is 0. The van der Waals surface area contributed by atoms with Crippen LogP contribution in [0, 0.1) is 5.41 Å². The highest BCUT2D eigenvalue weighted by molar-refractivity contribution is 6.42. The van der Waals surface area contributed by atoms with Crippen LogP contribution in [0.25, 0.3) is 11.0 Å². The molecule has 0 atom stereocenters. The highest BCUT2D eigenvalue weighted by atomic mass is 35.5. The quantitative estimate of drug-likeness (QED) is 0.711. The van der Waals surface area contributed by atoms with Gasteiger partial charge in [0, 0.05) is 0 Å². The van der Waals surface area contributed by atoms with Crippen LogP contribution < -0.4 is 11.4 Å². The molecule has 8 heteroatoms. The zero-order valence-electron chi connectivity index (χ0n) is 12.5. The van der Waals surface area contributed by atoms with Crippen molar-refractivity contribution in [3.63, 3.8) is 0 Å². The summed E-state index contributed by atoms with van der Waals surface area (Å²) in [5.41, 5.74) is 8.06. The molecule has 1 heterocycles. The predicted molar refractivity (Wildman–Crippen MR) is 97.8 cm³/mol. The van der Waals surface area contributed by atoms with Crippen molar-refractivity contribution in [2.45, 2.75) is 13.1 Å². The van der Waals surface area contributed by atoms with Gasteiger partial charge in [-0.2, -0.15) is 0 Å². The lowest BCUT2D eigenvalue weighted by Gasteiger charge is -2.06. The molecule has 0 bridgehead atoms. The smallest absolute Gasteiger partial charge is 0.237 e. The SMILES string of the molecule is Cl.N=c1n(CC(N)=O)c2ccccc2n1Cc1ccc(Cl)c(Cl)c1. The van der Waals surface area contributed by atoms with Crippen molar-refractivity contribution in [2.75, 3.05) is 0 Å². The molecule has 0 saturated heterocycles. The zero-order chi connectivity index (χ0) is 16.6. The summed E-state index contributed by atoms with van der Waals surface area (Å²) >= 11 is 12.0. The van der Waals surface area contributed by atoms with Gasteiger partial charge in [-0.1, -0.05) is 41.4 Å². The van der Waals surface area contributed by atoms with E-state index in [9.17, 15) is 4.79 Å². The number of amides is 1. The van der Waals surface area contributed by atoms with Crippen LogP contribution in [-0.4, -0.2) is 15.0 Å². The lowest BCUT2D eigenvalue weighted by molar-refractivity contribution is -0.118. The third-order valence-electron chi connectivity index (χ3n) is 3.61. The van der Waals surface area contributed by atoms with Crippen LogP contribution in [0.4, 0.5) is 0 Å². The molecule has 0 aliphatic rings. The van der Waals surface area contributed by atoms with Gasteiger partial charge in [0.1, 0.15) is 6.54 Å². The van der Waals surface area contributed by atoms with Crippen molar-refractivity contribution in [3.8, 4) is 0 Å². The van der Waals surface area contributed by atoms with Crippen LogP contribution in [-0.2, 0) is 17.9 Å². The minimum atomic E-state index is -0.485. The van der Waals surface area contributed by atoms with Crippen molar-refractivity contribution in [3.05, 3.63) is 63.7 Å². The Balaban J connectivity index is 0.00000208. The number of nitrogens with two attached hydrogens (primary N) is 1. The Morgan fingerprint density at radius 3 is 2.25 bits per heavy atom. The van der Waals surface area contributed by atoms with Gasteiger partial charge in [0.2, 0.25) is 11.5 Å². The van der Waals surface area contributed by atoms with Crippen LogP contribution >= 0.6 is 35.6 Å². The normalized spacial score (nSPS) is 10.6. The van der Waals surface area contributed by atoms with E-state index in [0.717, 1.165) is 16.6 Å². The molecule has 24 heavy (non-hydrogen) atoms. The van der Waals surface area contributed by atoms with E-state index >= 15 is 0 Å². The van der Waals surface area contributed by atoms with Gasteiger partial charge >= 0.3 is 0 Å². The molecular weight excluding hydrogens is 371 g/mol. The summed E-state index contributed by atoms with van der Waals surface area (Å²) in [7, 11) is 0. The van der Waals surface area contributed by atoms with E-state index in [-0.39, 0.29) is 24.6 Å². The number of hydrogen-bond donors (Lipinski definition) is 2. The largest absolute Gasteiger partial charge is 0.368 e. The number of nitrogens with one attached hydrogen (secondary N) is 1. The molecule has 1 amide bonds. The Morgan fingerprint density at radius 1 is 1.04 bits per heavy atom. The fourth-order valence-electron chi connectivity index (χ4n) is 2.59. The van der Waals surface area contributed by atoms with E-state index in [1.54, 1.807) is 21.3 Å². The lowest BCUT2D eigenvalue weighted by Crippen LogP contribution is -2.30. The molecule has 0 aliphatic carbocycles. The maximum absolute atomic E-state index is 11.3. The fourth-order valence-corrected chi connectivity index (χ4v) is 2.91. The van der Waals surface area contributed by atoms with Gasteiger partial charge < -0.3 is 14.9 Å². The second-order valence-electron chi connectivity index (χ2n) is 5.20. The van der Waals surface area contributed by atoms with E-state index in [4.69, 9.17) is 34.3 Å². The molecule has 0 aliphatic heterocycles. The van der Waals surface area contributed by atoms with Crippen molar-refractivity contribution in [2.24, 2.45) is 5.73 Å². The summed E-state index contributed by atoms with van der Waals surface area (Å²) in [6.45, 7) is 0.412. The van der Waals surface area contributed by atoms with Gasteiger partial charge in [0.25, 0.3) is 0 Å². The second kappa shape index (κ2) is 7.30. The third-order valence-corrected chi connectivity index (χ3v) is 4.35. The number of rotatable bonds is 4. The number of imidazole rings is 1. The van der Waals surface area contributed by atoms with Crippen LogP contribution in [0.1, 0.15) is 5.56 Å². The number of para-hydroxylation sites is 2. The highest BCUT2D eigenvalue weighted by Gasteiger charge is 2.12. The Labute approximate surface area is 154 Å². The molecule has 0 saturated carbocycles. The maximum atomic E-state index is 11.3. The second-order valence-corrected chi connectivity index (χ2v) is 6.01. The Kier molecular flexibility index (Phi) is 5.59. The standard InChI is InChI=1S/C16H14Cl2N4O.ClH/c17-11-6-5-10(7-12(11)18)8-21-13-3-1-2-4-14(13)22(16(21)20)9-15(19)23;/h1-7,20H,8-9H2,(H2,19,23);1H. The van der Waals surface area contributed by atoms with Crippen molar-refractivity contribution in [1.29, 1.82) is 5.41 Å². The molecule has 0 spiro atoms. The van der Waals surface area contributed by atoms with Gasteiger partial charge in [-0.3, -0.25) is 10.2 Å². The average molecular weight is 386 g/mol. The number of primary amides is 1. The first-order valence-corrected chi connectivity index (χ1v) is 7.68. The number of nitrogens with zero attached hydrogens (tertiary/aromatic N) is 2. The van der Waals surface area contributed by atoms with E-state index in [1.165, 1.54) is 0 Å². The summed E-state index contributed by atoms with van der Waals surface area (Å²) in [5, 5.41) is 9.33. The number of carbonyl (C=O) groups excluding carboxylic acids is 1. The first-order valence-electron chi connectivity index (χ1n) is 6.92. The van der Waals surface area contributed by atoms with Crippen LogP contribution in [0.15, 0.2) is 42.5 Å². The van der Waals surface area contributed by atoms with Gasteiger partial charge in [-0.25, -0.2) is 0 Å². The number of hydrogen-bond acceptors (Lipinski definition) is 2. The molecule has 5 nitrogen and oxygen atoms in total. The molecule has 3 N–H and O–H groups in total. The van der Waals surface area contributed by atoms with Crippen LogP contribution in [0.5, 0.6) is 0 Å². The molecule has 126 valence electrons. The number of carbonyl (C=O) groups is 1. The van der Waals surface area contributed by atoms with E-state index in [1.807, 2.05) is 30.3 Å². The molecule has 0 fully saturated rings. The van der Waals surface area contributed by atoms with Gasteiger partial charge in [0.15, 0.2) is 0 Å². The van der Waals surface area contributed by atoms with Crippen molar-refractivity contribution in [1.82, 2.24) is 9.13 Å². The first kappa shape index (κ1) is 18.4. The van der Waals surface area contributed by atoms with E-state index in [0.29, 0.717) is 16.6 Å². The molecule has 2 aromatic carbocycles. The fraction of sp³-hybridized carbons (Fsp3) is 0.125. The third kappa shape index (κ3) is 3.43. The van der Waals surface area contributed by atoms with Gasteiger partial charge in [-0.05, 0) is 29.8 Å². The van der Waals surface area contributed by atoms with E-state index < -0.39 is 5.91 Å². The maximum Gasteiger partial charge on any atom is 0.237 e. The summed E-state index contributed by atoms with van der Waals surface area (Å²) in [6, 6.07) is 12.9. The average Bonchev–Trinajstić information content (AvgIpc) is 2.76. The molecular formula is C16H15Cl3N4O. The summed E-state index contributed by atoms with van der Waals surface area (Å²) < 4.78 is 3.40. The Hall–Kier alpha value is -1.95. The zero-order valence-corrected chi connectivity index (χ0v) is 14.8. The molecule has 3 rings (SSSR count). The van der Waals surface area contributed by atoms with Gasteiger partial charge in [0.05, 0.1) is 27.6 Å². The molecule has 0 unspecified atom stereocenters. The summed E-state index contributed by atoms with van der Waals surface area (Å²) in [4.78, 5) is 11.3. The number of fused-ring (bicyclic) bond motifs is 1. The van der Waals surface area contributed by atoms with E-state index in [2.05, 4.69) is 0 Å². The van der Waals surface area contributed by atoms with Crippen molar-refractivity contribution < 1.29 is 4.79 Å². The van der Waals surface area contributed by atoms with Gasteiger partial charge in [-0.15, -0.1) is 12.4 Å². The number of aromatic nitrogens is 2. The molecule has 3 aromatic rings.